The molecule has 0 bridgehead atoms. The van der Waals surface area contributed by atoms with Gasteiger partial charge in [0.25, 0.3) is 5.91 Å². The van der Waals surface area contributed by atoms with Gasteiger partial charge in [0, 0.05) is 20.9 Å². The molecule has 3 heterocycles. The summed E-state index contributed by atoms with van der Waals surface area (Å²) in [5.41, 5.74) is 3.00. The molecule has 1 fully saturated rings. The first kappa shape index (κ1) is 13.9. The zero-order chi connectivity index (χ0) is 16.0. The molecule has 114 valence electrons. The van der Waals surface area contributed by atoms with Crippen LogP contribution < -0.4 is 5.32 Å². The molecule has 0 unspecified atom stereocenters. The number of thiophene rings is 1. The molecule has 6 heteroatoms. The van der Waals surface area contributed by atoms with Crippen molar-refractivity contribution < 1.29 is 19.1 Å². The Hall–Kier alpha value is -2.73. The number of imide groups is 1. The van der Waals surface area contributed by atoms with Crippen molar-refractivity contribution in [3.8, 4) is 10.4 Å². The number of cyclic esters (lactones) is 1. The number of ether oxygens (including phenoxy) is 1. The quantitative estimate of drug-likeness (QED) is 0.523. The number of carbonyl (C=O) groups excluding carboxylic acids is 3. The molecule has 0 spiro atoms. The molecule has 23 heavy (non-hydrogen) atoms. The first-order valence-electron chi connectivity index (χ1n) is 7.05. The van der Waals surface area contributed by atoms with Crippen molar-refractivity contribution in [2.24, 2.45) is 0 Å². The van der Waals surface area contributed by atoms with Crippen LogP contribution >= 0.6 is 11.3 Å². The van der Waals surface area contributed by atoms with Crippen LogP contribution in [0.1, 0.15) is 27.2 Å². The Morgan fingerprint density at radius 2 is 2.00 bits per heavy atom. The lowest BCUT2D eigenvalue weighted by molar-refractivity contribution is -0.124. The van der Waals surface area contributed by atoms with E-state index in [1.54, 1.807) is 12.1 Å². The van der Waals surface area contributed by atoms with Gasteiger partial charge < -0.3 is 4.74 Å². The Kier molecular flexibility index (Phi) is 3.12. The zero-order valence-corrected chi connectivity index (χ0v) is 12.7. The molecule has 0 atom stereocenters. The van der Waals surface area contributed by atoms with Gasteiger partial charge in [0.05, 0.1) is 12.0 Å². The van der Waals surface area contributed by atoms with Crippen LogP contribution in [0.5, 0.6) is 0 Å². The second-order valence-corrected chi connectivity index (χ2v) is 6.49. The number of amides is 2. The third-order valence-corrected chi connectivity index (χ3v) is 4.89. The molecule has 1 saturated heterocycles. The second-order valence-electron chi connectivity index (χ2n) is 5.37. The first-order valence-corrected chi connectivity index (χ1v) is 7.87. The van der Waals surface area contributed by atoms with E-state index in [2.05, 4.69) is 5.32 Å². The molecule has 1 aromatic carbocycles. The van der Waals surface area contributed by atoms with E-state index >= 15 is 0 Å². The predicted molar refractivity (Wildman–Crippen MR) is 84.6 cm³/mol. The summed E-state index contributed by atoms with van der Waals surface area (Å²) in [6.07, 6.45) is 1.87. The van der Waals surface area contributed by atoms with E-state index in [1.165, 1.54) is 11.3 Å². The summed E-state index contributed by atoms with van der Waals surface area (Å²) < 4.78 is 5.01. The number of hydrogen-bond acceptors (Lipinski definition) is 5. The number of esters is 1. The largest absolute Gasteiger partial charge is 0.457 e. The lowest BCUT2D eigenvalue weighted by Gasteiger charge is -1.99. The summed E-state index contributed by atoms with van der Waals surface area (Å²) in [6.45, 7) is 0.312. The van der Waals surface area contributed by atoms with Crippen LogP contribution in [0.2, 0.25) is 0 Å². The summed E-state index contributed by atoms with van der Waals surface area (Å²) in [4.78, 5) is 36.2. The molecule has 0 radical (unpaired) electrons. The van der Waals surface area contributed by atoms with Crippen LogP contribution in [0.3, 0.4) is 0 Å². The summed E-state index contributed by atoms with van der Waals surface area (Å²) >= 11 is 1.53. The van der Waals surface area contributed by atoms with Crippen molar-refractivity contribution in [1.82, 2.24) is 5.32 Å². The van der Waals surface area contributed by atoms with Crippen molar-refractivity contribution in [3.63, 3.8) is 0 Å². The van der Waals surface area contributed by atoms with Crippen molar-refractivity contribution in [1.29, 1.82) is 0 Å². The molecule has 2 aliphatic heterocycles. The summed E-state index contributed by atoms with van der Waals surface area (Å²) in [5, 5.41) is 2.27. The topological polar surface area (TPSA) is 72.5 Å². The smallest absolute Gasteiger partial charge is 0.338 e. The number of rotatable bonds is 2. The van der Waals surface area contributed by atoms with Gasteiger partial charge in [-0.1, -0.05) is 6.07 Å². The highest BCUT2D eigenvalue weighted by molar-refractivity contribution is 7.16. The van der Waals surface area contributed by atoms with Crippen molar-refractivity contribution in [2.75, 3.05) is 0 Å². The van der Waals surface area contributed by atoms with Crippen LogP contribution in [-0.2, 0) is 20.9 Å². The van der Waals surface area contributed by atoms with Crippen LogP contribution in [0.15, 0.2) is 35.9 Å². The van der Waals surface area contributed by atoms with Gasteiger partial charge in [0.1, 0.15) is 6.61 Å². The molecule has 0 saturated carbocycles. The average Bonchev–Trinajstić information content (AvgIpc) is 3.21. The Morgan fingerprint density at radius 1 is 1.13 bits per heavy atom. The zero-order valence-electron chi connectivity index (χ0n) is 11.9. The molecule has 2 aliphatic rings. The summed E-state index contributed by atoms with van der Waals surface area (Å²) in [7, 11) is 0. The maximum atomic E-state index is 11.6. The Balaban J connectivity index is 1.64. The van der Waals surface area contributed by atoms with E-state index < -0.39 is 0 Å². The highest BCUT2D eigenvalue weighted by Crippen LogP contribution is 2.33. The van der Waals surface area contributed by atoms with Crippen molar-refractivity contribution in [2.45, 2.75) is 13.0 Å². The Bertz CT molecular complexity index is 894. The first-order chi connectivity index (χ1) is 11.1. The van der Waals surface area contributed by atoms with Gasteiger partial charge in [-0.3, -0.25) is 14.9 Å². The Labute approximate surface area is 135 Å². The van der Waals surface area contributed by atoms with E-state index in [-0.39, 0.29) is 24.2 Å². The third kappa shape index (κ3) is 2.47. The monoisotopic (exact) mass is 325 g/mol. The molecule has 1 N–H and O–H groups in total. The minimum absolute atomic E-state index is 0.129. The van der Waals surface area contributed by atoms with Crippen LogP contribution in [0.25, 0.3) is 16.5 Å². The lowest BCUT2D eigenvalue weighted by atomic mass is 10.1. The number of hydrogen-bond donors (Lipinski definition) is 1. The number of benzene rings is 1. The van der Waals surface area contributed by atoms with E-state index in [4.69, 9.17) is 4.74 Å². The van der Waals surface area contributed by atoms with Gasteiger partial charge in [0.2, 0.25) is 5.91 Å². The normalized spacial score (nSPS) is 18.3. The molecule has 0 aliphatic carbocycles. The molecular formula is C17H11NO4S. The van der Waals surface area contributed by atoms with E-state index in [0.717, 1.165) is 20.9 Å². The maximum absolute atomic E-state index is 11.6. The van der Waals surface area contributed by atoms with Gasteiger partial charge in [-0.15, -0.1) is 11.3 Å². The van der Waals surface area contributed by atoms with Gasteiger partial charge in [-0.2, -0.15) is 0 Å². The maximum Gasteiger partial charge on any atom is 0.338 e. The summed E-state index contributed by atoms with van der Waals surface area (Å²) in [6, 6.07) is 9.50. The Morgan fingerprint density at radius 3 is 2.78 bits per heavy atom. The average molecular weight is 325 g/mol. The van der Waals surface area contributed by atoms with Crippen LogP contribution in [0.4, 0.5) is 0 Å². The fourth-order valence-corrected chi connectivity index (χ4v) is 3.64. The predicted octanol–water partition coefficient (Wildman–Crippen LogP) is 2.52. The number of carbonyl (C=O) groups is 3. The lowest BCUT2D eigenvalue weighted by Crippen LogP contribution is -2.19. The molecule has 5 nitrogen and oxygen atoms in total. The van der Waals surface area contributed by atoms with Crippen LogP contribution in [-0.4, -0.2) is 17.8 Å². The van der Waals surface area contributed by atoms with Gasteiger partial charge in [-0.25, -0.2) is 4.79 Å². The summed E-state index contributed by atoms with van der Waals surface area (Å²) in [5.74, 6) is -0.862. The minimum atomic E-state index is -0.321. The van der Waals surface area contributed by atoms with E-state index in [0.29, 0.717) is 17.7 Å². The van der Waals surface area contributed by atoms with Crippen LogP contribution in [0, 0.1) is 0 Å². The number of fused-ring (bicyclic) bond motifs is 1. The highest BCUT2D eigenvalue weighted by atomic mass is 32.1. The fraction of sp³-hybridized carbons (Fsp3) is 0.118. The third-order valence-electron chi connectivity index (χ3n) is 3.81. The van der Waals surface area contributed by atoms with E-state index in [9.17, 15) is 14.4 Å². The standard InChI is InChI=1S/C17H11NO4S/c19-15-7-10(16(20)18-15)6-12-2-4-14(23-12)9-1-3-13-11(5-9)8-22-17(13)21/h1-6H,7-8H2,(H,18,19,20)/b10-6-. The minimum Gasteiger partial charge on any atom is -0.457 e. The highest BCUT2D eigenvalue weighted by Gasteiger charge is 2.24. The van der Waals surface area contributed by atoms with Gasteiger partial charge >= 0.3 is 5.97 Å². The molecule has 4 rings (SSSR count). The number of nitrogens with one attached hydrogen (secondary N) is 1. The molecular weight excluding hydrogens is 314 g/mol. The molecule has 2 aromatic rings. The van der Waals surface area contributed by atoms with E-state index in [1.807, 2.05) is 24.3 Å². The molecule has 2 amide bonds. The van der Waals surface area contributed by atoms with Crippen molar-refractivity contribution >= 4 is 35.2 Å². The van der Waals surface area contributed by atoms with Gasteiger partial charge in [0.15, 0.2) is 0 Å². The molecule has 1 aromatic heterocycles. The second kappa shape index (κ2) is 5.17. The van der Waals surface area contributed by atoms with Gasteiger partial charge in [-0.05, 0) is 35.9 Å². The SMILES string of the molecule is O=C1C/C(=C/c2ccc(-c3ccc4c(c3)COC4=O)s2)C(=O)N1. The fourth-order valence-electron chi connectivity index (χ4n) is 2.66. The van der Waals surface area contributed by atoms with Crippen molar-refractivity contribution in [3.05, 3.63) is 51.9 Å².